The Morgan fingerprint density at radius 2 is 1.94 bits per heavy atom. The normalized spacial score (nSPS) is 17.0. The van der Waals surface area contributed by atoms with E-state index < -0.39 is 37.7 Å². The Morgan fingerprint density at radius 1 is 1.28 bits per heavy atom. The van der Waals surface area contributed by atoms with E-state index in [0.29, 0.717) is 26.1 Å². The molecule has 7 nitrogen and oxygen atoms in total. The van der Waals surface area contributed by atoms with Crippen molar-refractivity contribution in [1.82, 2.24) is 5.32 Å². The van der Waals surface area contributed by atoms with Crippen LogP contribution in [0.1, 0.15) is 40.5 Å². The van der Waals surface area contributed by atoms with Crippen LogP contribution in [0, 0.1) is 11.2 Å². The average Bonchev–Trinajstić information content (AvgIpc) is 2.66. The fourth-order valence-electron chi connectivity index (χ4n) is 3.17. The van der Waals surface area contributed by atoms with Crippen LogP contribution in [0.4, 0.5) is 13.6 Å². The van der Waals surface area contributed by atoms with Crippen LogP contribution in [0.5, 0.6) is 5.75 Å². The first kappa shape index (κ1) is 26.1. The highest BCUT2D eigenvalue weighted by Crippen LogP contribution is 2.34. The lowest BCUT2D eigenvalue weighted by Crippen LogP contribution is -2.34. The number of carbonyl (C=O) groups is 1. The molecule has 1 N–H and O–H groups in total. The van der Waals surface area contributed by atoms with E-state index in [1.165, 1.54) is 6.07 Å². The van der Waals surface area contributed by atoms with Crippen LogP contribution < -0.4 is 10.1 Å². The third kappa shape index (κ3) is 8.05. The van der Waals surface area contributed by atoms with Crippen LogP contribution in [0.2, 0.25) is 0 Å². The molecule has 0 spiro atoms. The zero-order valence-electron chi connectivity index (χ0n) is 18.9. The maximum atomic E-state index is 14.6. The average molecular weight is 476 g/mol. The van der Waals surface area contributed by atoms with Crippen LogP contribution >= 0.6 is 0 Å². The Balaban J connectivity index is 1.97. The number of nitrogens with one attached hydrogen (secondary N) is 1. The molecule has 1 aromatic rings. The van der Waals surface area contributed by atoms with Gasteiger partial charge in [-0.2, -0.15) is 0 Å². The molecule has 0 saturated carbocycles. The van der Waals surface area contributed by atoms with Gasteiger partial charge in [0.25, 0.3) is 0 Å². The van der Waals surface area contributed by atoms with E-state index in [2.05, 4.69) is 5.32 Å². The Kier molecular flexibility index (Phi) is 8.64. The van der Waals surface area contributed by atoms with Gasteiger partial charge in [-0.25, -0.2) is 22.0 Å². The molecule has 1 saturated heterocycles. The third-order valence-corrected chi connectivity index (χ3v) is 6.99. The van der Waals surface area contributed by atoms with Crippen molar-refractivity contribution in [3.63, 3.8) is 0 Å². The van der Waals surface area contributed by atoms with E-state index in [-0.39, 0.29) is 36.6 Å². The minimum absolute atomic E-state index is 0.0374. The summed E-state index contributed by atoms with van der Waals surface area (Å²) in [6.45, 7) is 7.48. The molecule has 1 amide bonds. The van der Waals surface area contributed by atoms with Crippen molar-refractivity contribution in [2.24, 2.45) is 5.41 Å². The summed E-state index contributed by atoms with van der Waals surface area (Å²) < 4.78 is 68.9. The molecule has 10 heteroatoms. The molecule has 0 bridgehead atoms. The fourth-order valence-corrected chi connectivity index (χ4v) is 5.16. The van der Waals surface area contributed by atoms with E-state index in [9.17, 15) is 22.0 Å². The minimum atomic E-state index is -3.85. The van der Waals surface area contributed by atoms with Crippen LogP contribution in [0.3, 0.4) is 0 Å². The highest BCUT2D eigenvalue weighted by atomic mass is 32.2. The van der Waals surface area contributed by atoms with Gasteiger partial charge < -0.3 is 19.5 Å². The summed E-state index contributed by atoms with van der Waals surface area (Å²) in [6.07, 6.45) is 0.743. The van der Waals surface area contributed by atoms with E-state index >= 15 is 0 Å². The molecule has 1 heterocycles. The van der Waals surface area contributed by atoms with Gasteiger partial charge in [-0.05, 0) is 51.2 Å². The van der Waals surface area contributed by atoms with Crippen LogP contribution in [0.15, 0.2) is 35.0 Å². The molecule has 32 heavy (non-hydrogen) atoms. The molecule has 0 unspecified atom stereocenters. The highest BCUT2D eigenvalue weighted by Gasteiger charge is 2.34. The maximum absolute atomic E-state index is 14.6. The number of hydrogen-bond acceptors (Lipinski definition) is 6. The van der Waals surface area contributed by atoms with Crippen LogP contribution in [-0.4, -0.2) is 52.2 Å². The Morgan fingerprint density at radius 3 is 2.50 bits per heavy atom. The molecule has 0 aromatic heterocycles. The summed E-state index contributed by atoms with van der Waals surface area (Å²) in [4.78, 5) is 11.3. The SMILES string of the molecule is CC1(CS(=O)(=O)c2ccc(OC/C(=C/F)CNC(=O)OC(C)(C)C)cc2F)CCOCC1. The molecule has 180 valence electrons. The van der Waals surface area contributed by atoms with E-state index in [1.807, 2.05) is 6.92 Å². The Labute approximate surface area is 188 Å². The largest absolute Gasteiger partial charge is 0.489 e. The van der Waals surface area contributed by atoms with E-state index in [0.717, 1.165) is 12.1 Å². The summed E-state index contributed by atoms with van der Waals surface area (Å²) in [5.74, 6) is -1.07. The van der Waals surface area contributed by atoms with Gasteiger partial charge in [0.2, 0.25) is 0 Å². The maximum Gasteiger partial charge on any atom is 0.407 e. The van der Waals surface area contributed by atoms with E-state index in [1.54, 1.807) is 20.8 Å². The molecular weight excluding hydrogens is 444 g/mol. The molecule has 0 aliphatic carbocycles. The number of benzene rings is 1. The number of carbonyl (C=O) groups excluding carboxylic acids is 1. The molecule has 1 aliphatic rings. The molecule has 1 aromatic carbocycles. The second-order valence-electron chi connectivity index (χ2n) is 9.19. The molecule has 1 fully saturated rings. The third-order valence-electron chi connectivity index (χ3n) is 4.91. The first-order valence-corrected chi connectivity index (χ1v) is 12.0. The van der Waals surface area contributed by atoms with Gasteiger partial charge in [0.1, 0.15) is 28.7 Å². The van der Waals surface area contributed by atoms with Crippen molar-refractivity contribution in [2.75, 3.05) is 32.1 Å². The predicted molar refractivity (Wildman–Crippen MR) is 116 cm³/mol. The van der Waals surface area contributed by atoms with Crippen molar-refractivity contribution >= 4 is 15.9 Å². The summed E-state index contributed by atoms with van der Waals surface area (Å²) in [7, 11) is -3.85. The van der Waals surface area contributed by atoms with Gasteiger partial charge in [-0.1, -0.05) is 6.92 Å². The van der Waals surface area contributed by atoms with Gasteiger partial charge in [0, 0.05) is 31.4 Å². The Hall–Kier alpha value is -2.20. The summed E-state index contributed by atoms with van der Waals surface area (Å²) in [5, 5.41) is 2.40. The Bertz CT molecular complexity index is 934. The van der Waals surface area contributed by atoms with Gasteiger partial charge >= 0.3 is 6.09 Å². The monoisotopic (exact) mass is 475 g/mol. The van der Waals surface area contributed by atoms with Crippen molar-refractivity contribution in [1.29, 1.82) is 0 Å². The second kappa shape index (κ2) is 10.6. The van der Waals surface area contributed by atoms with Gasteiger partial charge in [-0.3, -0.25) is 0 Å². The smallest absolute Gasteiger partial charge is 0.407 e. The topological polar surface area (TPSA) is 90.9 Å². The standard InChI is InChI=1S/C22H31F2NO6S/c1-21(2,3)31-20(26)25-13-16(12-23)14-30-17-5-6-19(18(24)11-17)32(27,28)15-22(4)7-9-29-10-8-22/h5-6,11-12H,7-10,13-15H2,1-4H3,(H,25,26)/b16-12+. The molecular formula is C22H31F2NO6S. The number of hydrogen-bond donors (Lipinski definition) is 1. The number of ether oxygens (including phenoxy) is 3. The van der Waals surface area contributed by atoms with Crippen molar-refractivity contribution in [3.8, 4) is 5.75 Å². The lowest BCUT2D eigenvalue weighted by atomic mass is 9.85. The number of amides is 1. The summed E-state index contributed by atoms with van der Waals surface area (Å²) in [5.41, 5.74) is -1.08. The first-order valence-electron chi connectivity index (χ1n) is 10.3. The van der Waals surface area contributed by atoms with Crippen molar-refractivity contribution in [2.45, 2.75) is 51.0 Å². The van der Waals surface area contributed by atoms with Gasteiger partial charge in [0.05, 0.1) is 12.1 Å². The summed E-state index contributed by atoms with van der Waals surface area (Å²) in [6, 6.07) is 3.43. The molecule has 0 atom stereocenters. The number of sulfone groups is 1. The quantitative estimate of drug-likeness (QED) is 0.607. The second-order valence-corrected chi connectivity index (χ2v) is 11.1. The zero-order valence-corrected chi connectivity index (χ0v) is 19.7. The number of halogens is 2. The lowest BCUT2D eigenvalue weighted by Gasteiger charge is -2.33. The van der Waals surface area contributed by atoms with E-state index in [4.69, 9.17) is 14.2 Å². The first-order chi connectivity index (χ1) is 14.8. The number of alkyl carbamates (subject to hydrolysis) is 1. The van der Waals surface area contributed by atoms with Crippen molar-refractivity contribution in [3.05, 3.63) is 35.9 Å². The van der Waals surface area contributed by atoms with Gasteiger partial charge in [0.15, 0.2) is 9.84 Å². The minimum Gasteiger partial charge on any atom is -0.489 e. The summed E-state index contributed by atoms with van der Waals surface area (Å²) >= 11 is 0. The van der Waals surface area contributed by atoms with Gasteiger partial charge in [-0.15, -0.1) is 0 Å². The van der Waals surface area contributed by atoms with Crippen LogP contribution in [-0.2, 0) is 19.3 Å². The lowest BCUT2D eigenvalue weighted by molar-refractivity contribution is 0.0341. The number of rotatable bonds is 8. The highest BCUT2D eigenvalue weighted by molar-refractivity contribution is 7.91. The predicted octanol–water partition coefficient (Wildman–Crippen LogP) is 4.17. The zero-order chi connectivity index (χ0) is 24.0. The molecule has 1 aliphatic heterocycles. The van der Waals surface area contributed by atoms with Crippen molar-refractivity contribution < 1.29 is 36.2 Å². The molecule has 0 radical (unpaired) electrons. The molecule has 2 rings (SSSR count). The van der Waals surface area contributed by atoms with Crippen LogP contribution in [0.25, 0.3) is 0 Å². The fraction of sp³-hybridized carbons (Fsp3) is 0.591.